The first-order valence-corrected chi connectivity index (χ1v) is 7.69. The number of nitrogens with zero attached hydrogens (tertiary/aromatic N) is 1. The summed E-state index contributed by atoms with van der Waals surface area (Å²) in [7, 11) is 2.05. The molecule has 0 aliphatic heterocycles. The second kappa shape index (κ2) is 4.58. The molecule has 3 nitrogen and oxygen atoms in total. The third-order valence-corrected chi connectivity index (χ3v) is 4.69. The van der Waals surface area contributed by atoms with Crippen molar-refractivity contribution >= 4 is 54.5 Å². The van der Waals surface area contributed by atoms with Gasteiger partial charge in [0.25, 0.3) is 0 Å². The predicted molar refractivity (Wildman–Crippen MR) is 92.6 cm³/mol. The van der Waals surface area contributed by atoms with Crippen molar-refractivity contribution in [3.8, 4) is 0 Å². The molecule has 0 fully saturated rings. The molecule has 1 heterocycles. The van der Waals surface area contributed by atoms with E-state index in [1.54, 1.807) is 12.1 Å². The summed E-state index contributed by atoms with van der Waals surface area (Å²) in [4.78, 5) is 11.2. The molecule has 22 heavy (non-hydrogen) atoms. The Morgan fingerprint density at radius 2 is 1.77 bits per heavy atom. The summed E-state index contributed by atoms with van der Waals surface area (Å²) in [5, 5.41) is 13.5. The first-order valence-electron chi connectivity index (χ1n) is 6.90. The maximum Gasteiger partial charge on any atom is 0.335 e. The third kappa shape index (κ3) is 1.77. The highest BCUT2D eigenvalue weighted by Gasteiger charge is 2.13. The Kier molecular flexibility index (Phi) is 2.78. The van der Waals surface area contributed by atoms with Gasteiger partial charge in [0.1, 0.15) is 0 Å². The van der Waals surface area contributed by atoms with Gasteiger partial charge in [0.2, 0.25) is 0 Å². The van der Waals surface area contributed by atoms with E-state index in [9.17, 15) is 4.79 Å². The number of aromatic carboxylic acids is 1. The van der Waals surface area contributed by atoms with Crippen LogP contribution in [0.4, 0.5) is 0 Å². The van der Waals surface area contributed by atoms with Crippen LogP contribution in [-0.4, -0.2) is 15.6 Å². The van der Waals surface area contributed by atoms with E-state index in [1.807, 2.05) is 18.2 Å². The SMILES string of the molecule is Cn1c2ccc(Br)cc2c2c3ccc(C(=O)O)cc3ccc21. The molecule has 0 radical (unpaired) electrons. The lowest BCUT2D eigenvalue weighted by Crippen LogP contribution is -1.95. The van der Waals surface area contributed by atoms with E-state index >= 15 is 0 Å². The van der Waals surface area contributed by atoms with Gasteiger partial charge in [-0.05, 0) is 47.2 Å². The van der Waals surface area contributed by atoms with E-state index in [-0.39, 0.29) is 0 Å². The maximum atomic E-state index is 11.2. The predicted octanol–water partition coefficient (Wildman–Crippen LogP) is 4.95. The number of halogens is 1. The first kappa shape index (κ1) is 13.3. The number of benzene rings is 3. The van der Waals surface area contributed by atoms with Gasteiger partial charge in [-0.1, -0.05) is 28.1 Å². The molecule has 4 aromatic rings. The van der Waals surface area contributed by atoms with Gasteiger partial charge in [0.15, 0.2) is 0 Å². The lowest BCUT2D eigenvalue weighted by molar-refractivity contribution is 0.0697. The van der Waals surface area contributed by atoms with Crippen molar-refractivity contribution < 1.29 is 9.90 Å². The number of hydrogen-bond donors (Lipinski definition) is 1. The normalized spacial score (nSPS) is 11.5. The summed E-state index contributed by atoms with van der Waals surface area (Å²) < 4.78 is 3.20. The summed E-state index contributed by atoms with van der Waals surface area (Å²) in [6.07, 6.45) is 0. The minimum Gasteiger partial charge on any atom is -0.478 e. The molecular weight excluding hydrogens is 342 g/mol. The van der Waals surface area contributed by atoms with Gasteiger partial charge in [0.05, 0.1) is 5.56 Å². The average Bonchev–Trinajstić information content (AvgIpc) is 2.79. The number of carbonyl (C=O) groups is 1. The first-order chi connectivity index (χ1) is 10.6. The minimum atomic E-state index is -0.900. The Hall–Kier alpha value is -2.33. The van der Waals surface area contributed by atoms with Gasteiger partial charge in [-0.15, -0.1) is 0 Å². The summed E-state index contributed by atoms with van der Waals surface area (Å²) in [6, 6.07) is 15.6. The zero-order valence-electron chi connectivity index (χ0n) is 11.8. The van der Waals surface area contributed by atoms with Gasteiger partial charge in [0, 0.05) is 33.3 Å². The molecule has 4 rings (SSSR count). The molecule has 0 bridgehead atoms. The standard InChI is InChI=1S/C18H12BrNO2/c1-20-15-7-4-12(19)9-14(15)17-13-5-2-11(18(21)22)8-10(13)3-6-16(17)20/h2-9H,1H3,(H,21,22). The van der Waals surface area contributed by atoms with E-state index in [4.69, 9.17) is 5.11 Å². The number of aromatic nitrogens is 1. The van der Waals surface area contributed by atoms with Crippen molar-refractivity contribution in [2.45, 2.75) is 0 Å². The minimum absolute atomic E-state index is 0.313. The third-order valence-electron chi connectivity index (χ3n) is 4.20. The quantitative estimate of drug-likeness (QED) is 0.526. The average molecular weight is 354 g/mol. The number of carboxylic acid groups (broad SMARTS) is 1. The molecule has 4 heteroatoms. The van der Waals surface area contributed by atoms with Crippen LogP contribution in [0.25, 0.3) is 32.6 Å². The van der Waals surface area contributed by atoms with Crippen LogP contribution in [0.1, 0.15) is 10.4 Å². The van der Waals surface area contributed by atoms with E-state index in [0.717, 1.165) is 31.7 Å². The Labute approximate surface area is 134 Å². The molecule has 108 valence electrons. The summed E-state index contributed by atoms with van der Waals surface area (Å²) >= 11 is 3.54. The molecule has 1 N–H and O–H groups in total. The largest absolute Gasteiger partial charge is 0.478 e. The molecule has 0 atom stereocenters. The van der Waals surface area contributed by atoms with Crippen molar-refractivity contribution in [1.82, 2.24) is 4.57 Å². The Balaban J connectivity index is 2.23. The van der Waals surface area contributed by atoms with E-state index in [0.29, 0.717) is 5.56 Å². The van der Waals surface area contributed by atoms with Crippen molar-refractivity contribution in [2.24, 2.45) is 7.05 Å². The van der Waals surface area contributed by atoms with Gasteiger partial charge in [-0.25, -0.2) is 4.79 Å². The molecule has 1 aromatic heterocycles. The molecule has 0 spiro atoms. The van der Waals surface area contributed by atoms with Crippen LogP contribution in [0.5, 0.6) is 0 Å². The van der Waals surface area contributed by atoms with Crippen molar-refractivity contribution in [1.29, 1.82) is 0 Å². The topological polar surface area (TPSA) is 42.2 Å². The summed E-state index contributed by atoms with van der Waals surface area (Å²) in [5.41, 5.74) is 2.62. The summed E-state index contributed by atoms with van der Waals surface area (Å²) in [6.45, 7) is 0. The van der Waals surface area contributed by atoms with Gasteiger partial charge in [-0.3, -0.25) is 0 Å². The second-order valence-corrected chi connectivity index (χ2v) is 6.34. The fourth-order valence-corrected chi connectivity index (χ4v) is 3.51. The molecule has 0 aliphatic carbocycles. The fourth-order valence-electron chi connectivity index (χ4n) is 3.14. The fraction of sp³-hybridized carbons (Fsp3) is 0.0556. The second-order valence-electron chi connectivity index (χ2n) is 5.42. The molecule has 3 aromatic carbocycles. The van der Waals surface area contributed by atoms with Crippen LogP contribution >= 0.6 is 15.9 Å². The zero-order valence-corrected chi connectivity index (χ0v) is 13.4. The highest BCUT2D eigenvalue weighted by atomic mass is 79.9. The van der Waals surface area contributed by atoms with Crippen LogP contribution in [0.15, 0.2) is 53.0 Å². The number of fused-ring (bicyclic) bond motifs is 5. The monoisotopic (exact) mass is 353 g/mol. The van der Waals surface area contributed by atoms with Crippen LogP contribution in [0, 0.1) is 0 Å². The van der Waals surface area contributed by atoms with Gasteiger partial charge >= 0.3 is 5.97 Å². The van der Waals surface area contributed by atoms with E-state index < -0.39 is 5.97 Å². The van der Waals surface area contributed by atoms with Crippen LogP contribution in [-0.2, 0) is 7.05 Å². The number of aryl methyl sites for hydroxylation is 1. The van der Waals surface area contributed by atoms with Gasteiger partial charge in [-0.2, -0.15) is 0 Å². The van der Waals surface area contributed by atoms with Crippen LogP contribution in [0.2, 0.25) is 0 Å². The molecule has 0 amide bonds. The molecule has 0 saturated carbocycles. The van der Waals surface area contributed by atoms with Crippen LogP contribution < -0.4 is 0 Å². The highest BCUT2D eigenvalue weighted by Crippen LogP contribution is 2.35. The Morgan fingerprint density at radius 3 is 2.55 bits per heavy atom. The maximum absolute atomic E-state index is 11.2. The molecule has 0 saturated heterocycles. The molecule has 0 unspecified atom stereocenters. The zero-order chi connectivity index (χ0) is 15.4. The number of rotatable bonds is 1. The van der Waals surface area contributed by atoms with Crippen molar-refractivity contribution in [2.75, 3.05) is 0 Å². The highest BCUT2D eigenvalue weighted by molar-refractivity contribution is 9.10. The van der Waals surface area contributed by atoms with Crippen molar-refractivity contribution in [3.05, 3.63) is 58.6 Å². The smallest absolute Gasteiger partial charge is 0.335 e. The van der Waals surface area contributed by atoms with E-state index in [2.05, 4.69) is 45.7 Å². The number of carboxylic acids is 1. The number of hydrogen-bond acceptors (Lipinski definition) is 1. The molecular formula is C18H12BrNO2. The van der Waals surface area contributed by atoms with Crippen LogP contribution in [0.3, 0.4) is 0 Å². The lowest BCUT2D eigenvalue weighted by Gasteiger charge is -2.03. The Morgan fingerprint density at radius 1 is 1.00 bits per heavy atom. The Bertz CT molecular complexity index is 1080. The van der Waals surface area contributed by atoms with E-state index in [1.165, 1.54) is 5.39 Å². The van der Waals surface area contributed by atoms with Crippen molar-refractivity contribution in [3.63, 3.8) is 0 Å². The summed E-state index contributed by atoms with van der Waals surface area (Å²) in [5.74, 6) is -0.900. The van der Waals surface area contributed by atoms with Gasteiger partial charge < -0.3 is 9.67 Å². The molecule has 0 aliphatic rings. The lowest BCUT2D eigenvalue weighted by atomic mass is 10.0.